The monoisotopic (exact) mass is 245 g/mol. The number of hydrogen-bond acceptors (Lipinski definition) is 4. The van der Waals surface area contributed by atoms with E-state index < -0.39 is 30.9 Å². The molecular weight excluding hydrogens is 234 g/mol. The molecule has 17 heavy (non-hydrogen) atoms. The fourth-order valence-corrected chi connectivity index (χ4v) is 1.53. The van der Waals surface area contributed by atoms with Crippen molar-refractivity contribution in [2.75, 3.05) is 13.1 Å². The molecule has 0 aliphatic carbocycles. The molecule has 0 spiro atoms. The molecule has 0 radical (unpaired) electrons. The Hall–Kier alpha value is -2.19. The van der Waals surface area contributed by atoms with Crippen LogP contribution in [0.25, 0.3) is 10.4 Å². The zero-order chi connectivity index (χ0) is 13.0. The molecule has 0 aromatic heterocycles. The number of nitrogens with zero attached hydrogens (tertiary/aromatic N) is 5. The van der Waals surface area contributed by atoms with Gasteiger partial charge in [-0.1, -0.05) is 5.11 Å². The van der Waals surface area contributed by atoms with Crippen LogP contribution in [0.5, 0.6) is 0 Å². The van der Waals surface area contributed by atoms with Gasteiger partial charge in [0.2, 0.25) is 0 Å². The number of azide groups is 1. The first-order chi connectivity index (χ1) is 7.97. The molecule has 0 bridgehead atoms. The number of amides is 2. The van der Waals surface area contributed by atoms with Crippen LogP contribution in [0.2, 0.25) is 0 Å². The van der Waals surface area contributed by atoms with E-state index in [9.17, 15) is 14.7 Å². The fraction of sp³-hybridized carbons (Fsp3) is 0.714. The smallest absolute Gasteiger partial charge is 0.426 e. The summed E-state index contributed by atoms with van der Waals surface area (Å²) >= 11 is 0. The van der Waals surface area contributed by atoms with E-state index in [1.807, 2.05) is 0 Å². The third-order valence-corrected chi connectivity index (χ3v) is 2.37. The molecule has 1 heterocycles. The first-order valence-corrected chi connectivity index (χ1v) is 4.70. The highest BCUT2D eigenvalue weighted by Crippen LogP contribution is 2.15. The lowest BCUT2D eigenvalue weighted by atomic mass is 10.1. The highest BCUT2D eigenvalue weighted by atomic mass is 16.4. The predicted octanol–water partition coefficient (Wildman–Crippen LogP) is 0.305. The van der Waals surface area contributed by atoms with Crippen LogP contribution in [0.1, 0.15) is 6.42 Å². The van der Waals surface area contributed by atoms with Crippen molar-refractivity contribution in [1.29, 1.82) is 0 Å². The number of hydrogen-bond donors (Lipinski definition) is 3. The average Bonchev–Trinajstić information content (AvgIpc) is 2.40. The van der Waals surface area contributed by atoms with Crippen molar-refractivity contribution < 1.29 is 24.9 Å². The van der Waals surface area contributed by atoms with Gasteiger partial charge in [-0.25, -0.2) is 19.6 Å². The minimum Gasteiger partial charge on any atom is -0.464 e. The van der Waals surface area contributed by atoms with E-state index in [1.165, 1.54) is 0 Å². The summed E-state index contributed by atoms with van der Waals surface area (Å²) < 4.78 is 0. The molecule has 10 heteroatoms. The second kappa shape index (κ2) is 5.23. The van der Waals surface area contributed by atoms with E-state index in [2.05, 4.69) is 10.0 Å². The van der Waals surface area contributed by atoms with Crippen LogP contribution < -0.4 is 0 Å². The third kappa shape index (κ3) is 2.89. The maximum atomic E-state index is 10.9. The summed E-state index contributed by atoms with van der Waals surface area (Å²) in [6, 6.07) is -1.000. The number of aliphatic hydroxyl groups is 1. The molecule has 1 fully saturated rings. The van der Waals surface area contributed by atoms with Gasteiger partial charge >= 0.3 is 12.2 Å². The number of rotatable bonds is 1. The summed E-state index contributed by atoms with van der Waals surface area (Å²) in [5, 5.41) is 31.6. The Balaban J connectivity index is 2.97. The minimum atomic E-state index is -1.49. The molecule has 1 rings (SSSR count). The Morgan fingerprint density at radius 3 is 2.35 bits per heavy atom. The molecule has 2 atom stereocenters. The van der Waals surface area contributed by atoms with E-state index >= 15 is 0 Å². The highest BCUT2D eigenvalue weighted by molar-refractivity contribution is 5.71. The molecule has 2 unspecified atom stereocenters. The number of carboxylic acid groups (broad SMARTS) is 2. The van der Waals surface area contributed by atoms with Gasteiger partial charge in [0, 0.05) is 11.5 Å². The Morgan fingerprint density at radius 1 is 1.29 bits per heavy atom. The second-order valence-corrected chi connectivity index (χ2v) is 3.40. The molecule has 1 saturated heterocycles. The maximum absolute atomic E-state index is 10.9. The molecule has 0 saturated carbocycles. The zero-order valence-electron chi connectivity index (χ0n) is 8.67. The second-order valence-electron chi connectivity index (χ2n) is 3.40. The highest BCUT2D eigenvalue weighted by Gasteiger charge is 2.34. The van der Waals surface area contributed by atoms with Crippen LogP contribution in [0.4, 0.5) is 9.59 Å². The standard InChI is InChI=1S/C7H11N5O5/c8-10-9-4-3-12(7(16)17)11(6(14)15)2-1-5(4)13/h4-5,13H,1-3H2,(H,14,15)(H,16,17). The van der Waals surface area contributed by atoms with E-state index in [4.69, 9.17) is 15.7 Å². The van der Waals surface area contributed by atoms with E-state index in [0.29, 0.717) is 10.0 Å². The molecule has 1 aliphatic heterocycles. The summed E-state index contributed by atoms with van der Waals surface area (Å²) in [6.45, 7) is -0.576. The van der Waals surface area contributed by atoms with Gasteiger partial charge in [-0.05, 0) is 12.0 Å². The van der Waals surface area contributed by atoms with Crippen molar-refractivity contribution >= 4 is 12.2 Å². The minimum absolute atomic E-state index is 0.000231. The van der Waals surface area contributed by atoms with E-state index in [0.717, 1.165) is 0 Å². The van der Waals surface area contributed by atoms with Crippen molar-refractivity contribution in [2.24, 2.45) is 5.11 Å². The molecule has 10 nitrogen and oxygen atoms in total. The summed E-state index contributed by atoms with van der Waals surface area (Å²) in [4.78, 5) is 24.2. The van der Waals surface area contributed by atoms with Gasteiger partial charge < -0.3 is 15.3 Å². The Morgan fingerprint density at radius 2 is 1.88 bits per heavy atom. The van der Waals surface area contributed by atoms with Gasteiger partial charge in [0.15, 0.2) is 0 Å². The Bertz CT molecular complexity index is 368. The van der Waals surface area contributed by atoms with Gasteiger partial charge in [-0.3, -0.25) is 0 Å². The zero-order valence-corrected chi connectivity index (χ0v) is 8.67. The topological polar surface area (TPSA) is 150 Å². The molecule has 2 amide bonds. The van der Waals surface area contributed by atoms with Crippen molar-refractivity contribution in [3.63, 3.8) is 0 Å². The number of hydrazine groups is 1. The first kappa shape index (κ1) is 12.9. The van der Waals surface area contributed by atoms with Crippen LogP contribution in [-0.2, 0) is 0 Å². The number of carbonyl (C=O) groups is 2. The lowest BCUT2D eigenvalue weighted by Gasteiger charge is -2.28. The summed E-state index contributed by atoms with van der Waals surface area (Å²) in [7, 11) is 0. The predicted molar refractivity (Wildman–Crippen MR) is 53.0 cm³/mol. The van der Waals surface area contributed by atoms with Crippen LogP contribution in [0.15, 0.2) is 5.11 Å². The van der Waals surface area contributed by atoms with Gasteiger partial charge in [-0.15, -0.1) is 0 Å². The van der Waals surface area contributed by atoms with E-state index in [-0.39, 0.29) is 13.0 Å². The van der Waals surface area contributed by atoms with Crippen LogP contribution in [0.3, 0.4) is 0 Å². The van der Waals surface area contributed by atoms with Gasteiger partial charge in [0.05, 0.1) is 18.7 Å². The molecular formula is C7H11N5O5. The summed E-state index contributed by atoms with van der Waals surface area (Å²) in [6.07, 6.45) is -4.00. The molecule has 0 aromatic carbocycles. The largest absolute Gasteiger partial charge is 0.464 e. The molecule has 94 valence electrons. The first-order valence-electron chi connectivity index (χ1n) is 4.70. The molecule has 0 aromatic rings. The quantitative estimate of drug-likeness (QED) is 0.345. The summed E-state index contributed by atoms with van der Waals surface area (Å²) in [5.74, 6) is 0. The lowest BCUT2D eigenvalue weighted by molar-refractivity contribution is 0.00611. The van der Waals surface area contributed by atoms with Crippen molar-refractivity contribution in [2.45, 2.75) is 18.6 Å². The maximum Gasteiger partial charge on any atom is 0.426 e. The third-order valence-electron chi connectivity index (χ3n) is 2.37. The fourth-order valence-electron chi connectivity index (χ4n) is 1.53. The lowest BCUT2D eigenvalue weighted by Crippen LogP contribution is -2.50. The van der Waals surface area contributed by atoms with Crippen molar-refractivity contribution in [1.82, 2.24) is 10.0 Å². The SMILES string of the molecule is [N-]=[N+]=NC1CN(C(=O)O)N(C(=O)O)CCC1O. The van der Waals surface area contributed by atoms with Crippen molar-refractivity contribution in [3.8, 4) is 0 Å². The molecule has 3 N–H and O–H groups in total. The average molecular weight is 245 g/mol. The number of aliphatic hydroxyl groups excluding tert-OH is 1. The van der Waals surface area contributed by atoms with Crippen molar-refractivity contribution in [3.05, 3.63) is 10.4 Å². The van der Waals surface area contributed by atoms with Crippen LogP contribution in [-0.4, -0.2) is 62.8 Å². The van der Waals surface area contributed by atoms with Crippen LogP contribution in [0, 0.1) is 0 Å². The Labute approximate surface area is 95.3 Å². The van der Waals surface area contributed by atoms with Gasteiger partial charge in [0.25, 0.3) is 0 Å². The van der Waals surface area contributed by atoms with E-state index in [1.54, 1.807) is 0 Å². The van der Waals surface area contributed by atoms with Crippen LogP contribution >= 0.6 is 0 Å². The molecule has 1 aliphatic rings. The van der Waals surface area contributed by atoms with Gasteiger partial charge in [0.1, 0.15) is 0 Å². The summed E-state index contributed by atoms with van der Waals surface area (Å²) in [5.41, 5.74) is 8.28. The normalized spacial score (nSPS) is 24.8. The van der Waals surface area contributed by atoms with Gasteiger partial charge in [-0.2, -0.15) is 0 Å². The Kier molecular flexibility index (Phi) is 3.96.